The number of nitrogens with zero attached hydrogens (tertiary/aromatic N) is 1. The number of benzene rings is 2. The molecule has 2 aromatic rings. The van der Waals surface area contributed by atoms with Gasteiger partial charge < -0.3 is 15.1 Å². The smallest absolute Gasteiger partial charge is 0.295 e. The van der Waals surface area contributed by atoms with E-state index in [9.17, 15) is 19.8 Å². The molecule has 1 unspecified atom stereocenters. The molecule has 2 N–H and O–H groups in total. The van der Waals surface area contributed by atoms with E-state index in [1.807, 2.05) is 25.1 Å². The molecule has 5 heteroatoms. The molecule has 2 aromatic carbocycles. The van der Waals surface area contributed by atoms with Crippen LogP contribution in [0.1, 0.15) is 74.8 Å². The number of carbonyl (C=O) groups is 2. The molecular formula is C27H31NO4. The number of hydrogen-bond acceptors (Lipinski definition) is 4. The van der Waals surface area contributed by atoms with Crippen LogP contribution in [-0.2, 0) is 15.0 Å². The van der Waals surface area contributed by atoms with E-state index in [1.54, 1.807) is 29.2 Å². The Balaban J connectivity index is 1.93. The van der Waals surface area contributed by atoms with E-state index in [4.69, 9.17) is 0 Å². The average molecular weight is 434 g/mol. The van der Waals surface area contributed by atoms with Gasteiger partial charge in [-0.3, -0.25) is 9.59 Å². The number of phenolic OH excluding ortho intramolecular Hbond substituents is 1. The van der Waals surface area contributed by atoms with Crippen molar-refractivity contribution in [3.05, 3.63) is 70.3 Å². The van der Waals surface area contributed by atoms with Crippen LogP contribution in [0.4, 0.5) is 0 Å². The minimum atomic E-state index is -0.720. The first-order valence-corrected chi connectivity index (χ1v) is 11.3. The van der Waals surface area contributed by atoms with Gasteiger partial charge in [-0.2, -0.15) is 0 Å². The molecule has 32 heavy (non-hydrogen) atoms. The number of aliphatic hydroxyl groups excluding tert-OH is 1. The highest BCUT2D eigenvalue weighted by Gasteiger charge is 2.49. The zero-order valence-corrected chi connectivity index (χ0v) is 19.2. The summed E-state index contributed by atoms with van der Waals surface area (Å²) in [6.07, 6.45) is 3.68. The number of phenols is 1. The first kappa shape index (κ1) is 22.1. The van der Waals surface area contributed by atoms with Crippen molar-refractivity contribution in [3.8, 4) is 5.75 Å². The summed E-state index contributed by atoms with van der Waals surface area (Å²) in [5.41, 5.74) is 3.01. The lowest BCUT2D eigenvalue weighted by Crippen LogP contribution is -2.37. The fraction of sp³-hybridized carbons (Fsp3) is 0.407. The maximum absolute atomic E-state index is 13.3. The van der Waals surface area contributed by atoms with Crippen LogP contribution in [0, 0.1) is 6.92 Å². The lowest BCUT2D eigenvalue weighted by atomic mass is 9.84. The van der Waals surface area contributed by atoms with Crippen molar-refractivity contribution in [1.82, 2.24) is 4.90 Å². The summed E-state index contributed by atoms with van der Waals surface area (Å²) in [7, 11) is 0. The number of ketones is 1. The van der Waals surface area contributed by atoms with E-state index in [-0.39, 0.29) is 28.5 Å². The number of aryl methyl sites for hydroxylation is 1. The van der Waals surface area contributed by atoms with Crippen molar-refractivity contribution >= 4 is 17.4 Å². The molecule has 1 heterocycles. The number of carbonyl (C=O) groups excluding carboxylic acids is 2. The number of hydrogen-bond donors (Lipinski definition) is 2. The van der Waals surface area contributed by atoms with Gasteiger partial charge in [-0.05, 0) is 60.1 Å². The molecule has 1 saturated heterocycles. The van der Waals surface area contributed by atoms with Crippen LogP contribution < -0.4 is 0 Å². The van der Waals surface area contributed by atoms with Crippen LogP contribution in [0.2, 0.25) is 0 Å². The highest BCUT2D eigenvalue weighted by Crippen LogP contribution is 2.44. The first-order chi connectivity index (χ1) is 15.1. The predicted molar refractivity (Wildman–Crippen MR) is 124 cm³/mol. The van der Waals surface area contributed by atoms with Crippen molar-refractivity contribution < 1.29 is 19.8 Å². The maximum atomic E-state index is 13.3. The van der Waals surface area contributed by atoms with Crippen molar-refractivity contribution in [2.45, 2.75) is 70.9 Å². The molecule has 2 fully saturated rings. The van der Waals surface area contributed by atoms with Crippen molar-refractivity contribution in [3.63, 3.8) is 0 Å². The number of amides is 1. The molecule has 1 atom stereocenters. The predicted octanol–water partition coefficient (Wildman–Crippen LogP) is 5.36. The van der Waals surface area contributed by atoms with E-state index in [0.29, 0.717) is 11.1 Å². The van der Waals surface area contributed by atoms with Gasteiger partial charge in [-0.1, -0.05) is 57.9 Å². The van der Waals surface area contributed by atoms with Gasteiger partial charge in [0.1, 0.15) is 11.5 Å². The number of aromatic hydroxyl groups is 1. The fourth-order valence-electron chi connectivity index (χ4n) is 4.92. The standard InChI is InChI=1S/C27H31NO4/c1-16-12-13-18(27(2,3)4)15-21(16)24(30)22-23(17-8-7-11-20(29)14-17)28(26(32)25(22)31)19-9-5-6-10-19/h7-8,11-15,19,23,29-30H,5-6,9-10H2,1-4H3/b24-22+. The Hall–Kier alpha value is -3.08. The Labute approximate surface area is 189 Å². The molecular weight excluding hydrogens is 402 g/mol. The van der Waals surface area contributed by atoms with Gasteiger partial charge in [0.25, 0.3) is 11.7 Å². The van der Waals surface area contributed by atoms with E-state index in [1.165, 1.54) is 0 Å². The van der Waals surface area contributed by atoms with Crippen LogP contribution in [-0.4, -0.2) is 32.8 Å². The molecule has 1 amide bonds. The second-order valence-electron chi connectivity index (χ2n) is 10.0. The number of rotatable bonds is 3. The molecule has 168 valence electrons. The van der Waals surface area contributed by atoms with Crippen molar-refractivity contribution in [2.24, 2.45) is 0 Å². The van der Waals surface area contributed by atoms with E-state index in [2.05, 4.69) is 20.8 Å². The molecule has 2 aliphatic rings. The van der Waals surface area contributed by atoms with Crippen LogP contribution in [0.5, 0.6) is 5.75 Å². The van der Waals surface area contributed by atoms with Crippen molar-refractivity contribution in [2.75, 3.05) is 0 Å². The lowest BCUT2D eigenvalue weighted by molar-refractivity contribution is -0.141. The van der Waals surface area contributed by atoms with Crippen LogP contribution in [0.15, 0.2) is 48.0 Å². The minimum Gasteiger partial charge on any atom is -0.508 e. The minimum absolute atomic E-state index is 0.0499. The van der Waals surface area contributed by atoms with E-state index >= 15 is 0 Å². The number of likely N-dealkylation sites (tertiary alicyclic amines) is 1. The average Bonchev–Trinajstić information content (AvgIpc) is 3.34. The molecule has 0 radical (unpaired) electrons. The van der Waals surface area contributed by atoms with E-state index < -0.39 is 17.7 Å². The summed E-state index contributed by atoms with van der Waals surface area (Å²) in [4.78, 5) is 28.1. The largest absolute Gasteiger partial charge is 0.508 e. The number of Topliss-reactive ketones (excluding diaryl/α,β-unsaturated/α-hetero) is 1. The summed E-state index contributed by atoms with van der Waals surface area (Å²) in [5.74, 6) is -1.33. The fourth-order valence-corrected chi connectivity index (χ4v) is 4.92. The zero-order chi connectivity index (χ0) is 23.2. The van der Waals surface area contributed by atoms with Crippen LogP contribution >= 0.6 is 0 Å². The Bertz CT molecular complexity index is 1100. The van der Waals surface area contributed by atoms with E-state index in [0.717, 1.165) is 36.8 Å². The molecule has 1 saturated carbocycles. The van der Waals surface area contributed by atoms with Gasteiger partial charge in [-0.15, -0.1) is 0 Å². The van der Waals surface area contributed by atoms with Crippen LogP contribution in [0.25, 0.3) is 5.76 Å². The lowest BCUT2D eigenvalue weighted by Gasteiger charge is -2.31. The van der Waals surface area contributed by atoms with Gasteiger partial charge in [0.2, 0.25) is 0 Å². The van der Waals surface area contributed by atoms with Crippen molar-refractivity contribution in [1.29, 1.82) is 0 Å². The molecule has 1 aliphatic heterocycles. The normalized spacial score (nSPS) is 21.5. The first-order valence-electron chi connectivity index (χ1n) is 11.3. The number of aliphatic hydroxyl groups is 1. The third-order valence-electron chi connectivity index (χ3n) is 6.74. The van der Waals surface area contributed by atoms with Gasteiger partial charge in [0, 0.05) is 11.6 Å². The summed E-state index contributed by atoms with van der Waals surface area (Å²) in [5, 5.41) is 21.6. The quantitative estimate of drug-likeness (QED) is 0.388. The van der Waals surface area contributed by atoms with Gasteiger partial charge >= 0.3 is 0 Å². The molecule has 4 rings (SSSR count). The summed E-state index contributed by atoms with van der Waals surface area (Å²) in [6, 6.07) is 11.7. The zero-order valence-electron chi connectivity index (χ0n) is 19.2. The van der Waals surface area contributed by atoms with Gasteiger partial charge in [0.05, 0.1) is 11.6 Å². The van der Waals surface area contributed by atoms with Crippen LogP contribution in [0.3, 0.4) is 0 Å². The van der Waals surface area contributed by atoms with Gasteiger partial charge in [0.15, 0.2) is 0 Å². The highest BCUT2D eigenvalue weighted by atomic mass is 16.3. The second-order valence-corrected chi connectivity index (χ2v) is 10.0. The SMILES string of the molecule is Cc1ccc(C(C)(C)C)cc1/C(O)=C1\C(=O)C(=O)N(C2CCCC2)C1c1cccc(O)c1. The third-order valence-corrected chi connectivity index (χ3v) is 6.74. The Morgan fingerprint density at radius 1 is 1.03 bits per heavy atom. The monoisotopic (exact) mass is 433 g/mol. The Morgan fingerprint density at radius 3 is 2.34 bits per heavy atom. The van der Waals surface area contributed by atoms with Gasteiger partial charge in [-0.25, -0.2) is 0 Å². The second kappa shape index (κ2) is 8.12. The maximum Gasteiger partial charge on any atom is 0.295 e. The summed E-state index contributed by atoms with van der Waals surface area (Å²) >= 11 is 0. The molecule has 0 aromatic heterocycles. The molecule has 1 aliphatic carbocycles. The molecule has 0 spiro atoms. The third kappa shape index (κ3) is 3.81. The Morgan fingerprint density at radius 2 is 1.72 bits per heavy atom. The topological polar surface area (TPSA) is 77.8 Å². The summed E-state index contributed by atoms with van der Waals surface area (Å²) in [6.45, 7) is 8.16. The molecule has 5 nitrogen and oxygen atoms in total. The Kier molecular flexibility index (Phi) is 5.61. The highest BCUT2D eigenvalue weighted by molar-refractivity contribution is 6.46. The summed E-state index contributed by atoms with van der Waals surface area (Å²) < 4.78 is 0. The molecule has 0 bridgehead atoms.